The highest BCUT2D eigenvalue weighted by Crippen LogP contribution is 2.25. The molecule has 1 saturated heterocycles. The first-order chi connectivity index (χ1) is 12.5. The largest absolute Gasteiger partial charge is 0.476 e. The monoisotopic (exact) mass is 455 g/mol. The molecule has 1 aromatic carbocycles. The molecule has 0 spiro atoms. The number of hydrogen-bond donors (Lipinski definition) is 2. The number of rotatable bonds is 8. The molecule has 26 heavy (non-hydrogen) atoms. The van der Waals surface area contributed by atoms with Crippen molar-refractivity contribution in [2.24, 2.45) is 0 Å². The molecule has 3 rings (SSSR count). The van der Waals surface area contributed by atoms with Crippen LogP contribution >= 0.6 is 39.0 Å². The average molecular weight is 456 g/mol. The van der Waals surface area contributed by atoms with Crippen molar-refractivity contribution < 1.29 is 14.7 Å². The molecule has 6 nitrogen and oxygen atoms in total. The summed E-state index contributed by atoms with van der Waals surface area (Å²) in [6, 6.07) is 8.14. The Labute approximate surface area is 168 Å². The van der Waals surface area contributed by atoms with E-state index < -0.39 is 5.97 Å². The highest BCUT2D eigenvalue weighted by Gasteiger charge is 2.30. The van der Waals surface area contributed by atoms with Crippen LogP contribution in [0.15, 0.2) is 38.5 Å². The quantitative estimate of drug-likeness (QED) is 0.589. The maximum atomic E-state index is 12.2. The summed E-state index contributed by atoms with van der Waals surface area (Å²) in [5.74, 6) is -0.135. The minimum Gasteiger partial charge on any atom is -0.476 e. The molecule has 1 aliphatic rings. The van der Waals surface area contributed by atoms with Crippen LogP contribution in [0.25, 0.3) is 0 Å². The maximum Gasteiger partial charge on any atom is 0.355 e. The molecule has 1 aromatic heterocycles. The van der Waals surface area contributed by atoms with Gasteiger partial charge in [0, 0.05) is 46.8 Å². The fourth-order valence-electron chi connectivity index (χ4n) is 2.80. The Balaban J connectivity index is 1.50. The number of carbonyl (C=O) groups excluding carboxylic acids is 1. The van der Waals surface area contributed by atoms with Crippen LogP contribution in [0.5, 0.6) is 0 Å². The van der Waals surface area contributed by atoms with Gasteiger partial charge in [0.05, 0.1) is 0 Å². The van der Waals surface area contributed by atoms with E-state index in [0.29, 0.717) is 25.3 Å². The van der Waals surface area contributed by atoms with Crippen molar-refractivity contribution in [1.29, 1.82) is 0 Å². The maximum absolute atomic E-state index is 12.2. The minimum absolute atomic E-state index is 0.0749. The number of thioether (sulfide) groups is 1. The van der Waals surface area contributed by atoms with Crippen LogP contribution in [0.2, 0.25) is 0 Å². The third-order valence-corrected chi connectivity index (χ3v) is 6.57. The van der Waals surface area contributed by atoms with E-state index in [9.17, 15) is 9.59 Å². The van der Waals surface area contributed by atoms with Gasteiger partial charge in [0.2, 0.25) is 5.91 Å². The van der Waals surface area contributed by atoms with Crippen molar-refractivity contribution in [2.45, 2.75) is 23.2 Å². The summed E-state index contributed by atoms with van der Waals surface area (Å²) >= 11 is 6.27. The number of carbonyl (C=O) groups is 2. The van der Waals surface area contributed by atoms with E-state index in [1.807, 2.05) is 29.2 Å². The molecule has 0 aliphatic carbocycles. The summed E-state index contributed by atoms with van der Waals surface area (Å²) in [5, 5.41) is 13.8. The lowest BCUT2D eigenvalue weighted by Gasteiger charge is -2.25. The van der Waals surface area contributed by atoms with E-state index in [0.717, 1.165) is 20.9 Å². The van der Waals surface area contributed by atoms with Crippen molar-refractivity contribution in [1.82, 2.24) is 9.88 Å². The summed E-state index contributed by atoms with van der Waals surface area (Å²) in [5.41, 5.74) is 1.10. The van der Waals surface area contributed by atoms with Crippen molar-refractivity contribution in [2.75, 3.05) is 24.2 Å². The second-order valence-corrected chi connectivity index (χ2v) is 8.94. The van der Waals surface area contributed by atoms with Gasteiger partial charge in [-0.05, 0) is 24.6 Å². The van der Waals surface area contributed by atoms with Gasteiger partial charge < -0.3 is 15.3 Å². The zero-order valence-electron chi connectivity index (χ0n) is 13.9. The van der Waals surface area contributed by atoms with E-state index in [4.69, 9.17) is 5.11 Å². The smallest absolute Gasteiger partial charge is 0.355 e. The lowest BCUT2D eigenvalue weighted by molar-refractivity contribution is -0.128. The van der Waals surface area contributed by atoms with E-state index in [1.54, 1.807) is 0 Å². The van der Waals surface area contributed by atoms with Crippen LogP contribution in [0.1, 0.15) is 23.3 Å². The van der Waals surface area contributed by atoms with Crippen LogP contribution < -0.4 is 5.32 Å². The molecule has 0 saturated carbocycles. The Morgan fingerprint density at radius 2 is 2.35 bits per heavy atom. The van der Waals surface area contributed by atoms with E-state index in [1.165, 1.54) is 28.5 Å². The molecule has 1 aliphatic heterocycles. The first-order valence-corrected chi connectivity index (χ1v) is 10.8. The van der Waals surface area contributed by atoms with Gasteiger partial charge >= 0.3 is 5.97 Å². The number of thiazole rings is 1. The lowest BCUT2D eigenvalue weighted by Crippen LogP contribution is -2.39. The summed E-state index contributed by atoms with van der Waals surface area (Å²) in [6.07, 6.45) is 1.43. The van der Waals surface area contributed by atoms with Crippen LogP contribution in [-0.2, 0) is 4.79 Å². The van der Waals surface area contributed by atoms with Crippen molar-refractivity contribution in [3.63, 3.8) is 0 Å². The molecule has 9 heteroatoms. The summed E-state index contributed by atoms with van der Waals surface area (Å²) in [7, 11) is 0. The number of aromatic carboxylic acids is 1. The SMILES string of the molecule is O=C(O)c1csc(SCCN2C(=O)CC[C@@H]2CNc2cccc(Br)c2)n1. The Kier molecular flexibility index (Phi) is 6.55. The summed E-state index contributed by atoms with van der Waals surface area (Å²) < 4.78 is 1.74. The van der Waals surface area contributed by atoms with Gasteiger partial charge in [0.1, 0.15) is 0 Å². The standard InChI is InChI=1S/C17H18BrN3O3S2/c18-11-2-1-3-12(8-11)19-9-13-4-5-15(22)21(13)6-7-25-17-20-14(10-26-17)16(23)24/h1-3,8,10,13,19H,4-7,9H2,(H,23,24)/t13-/m1/s1. The molecule has 0 unspecified atom stereocenters. The lowest BCUT2D eigenvalue weighted by atomic mass is 10.2. The van der Waals surface area contributed by atoms with Crippen LogP contribution in [0, 0.1) is 0 Å². The number of nitrogens with zero attached hydrogens (tertiary/aromatic N) is 2. The number of carboxylic acids is 1. The molecule has 0 radical (unpaired) electrons. The predicted octanol–water partition coefficient (Wildman–Crippen LogP) is 3.80. The average Bonchev–Trinajstić information content (AvgIpc) is 3.21. The van der Waals surface area contributed by atoms with Gasteiger partial charge in [0.25, 0.3) is 0 Å². The Hall–Kier alpha value is -1.58. The third-order valence-electron chi connectivity index (χ3n) is 4.08. The molecule has 2 heterocycles. The number of anilines is 1. The molecule has 2 aromatic rings. The van der Waals surface area contributed by atoms with Crippen molar-refractivity contribution in [3.8, 4) is 0 Å². The summed E-state index contributed by atoms with van der Waals surface area (Å²) in [6.45, 7) is 1.35. The molecule has 1 atom stereocenters. The van der Waals surface area contributed by atoms with Crippen molar-refractivity contribution >= 4 is 56.6 Å². The van der Waals surface area contributed by atoms with Gasteiger partial charge in [-0.3, -0.25) is 4.79 Å². The zero-order chi connectivity index (χ0) is 18.5. The van der Waals surface area contributed by atoms with E-state index >= 15 is 0 Å². The second-order valence-electron chi connectivity index (χ2n) is 5.82. The van der Waals surface area contributed by atoms with Gasteiger partial charge in [-0.2, -0.15) is 0 Å². The first-order valence-electron chi connectivity index (χ1n) is 8.13. The first kappa shape index (κ1) is 19.2. The number of amides is 1. The molecular formula is C17H18BrN3O3S2. The van der Waals surface area contributed by atoms with Crippen LogP contribution in [0.3, 0.4) is 0 Å². The molecule has 1 amide bonds. The van der Waals surface area contributed by atoms with Gasteiger partial charge in [0.15, 0.2) is 10.0 Å². The normalized spacial score (nSPS) is 16.9. The number of carboxylic acid groups (broad SMARTS) is 1. The van der Waals surface area contributed by atoms with Gasteiger partial charge in [-0.1, -0.05) is 33.8 Å². The van der Waals surface area contributed by atoms with E-state index in [2.05, 4.69) is 26.2 Å². The van der Waals surface area contributed by atoms with E-state index in [-0.39, 0.29) is 17.6 Å². The number of halogens is 1. The molecule has 0 bridgehead atoms. The topological polar surface area (TPSA) is 82.5 Å². The Morgan fingerprint density at radius 3 is 3.08 bits per heavy atom. The number of benzene rings is 1. The molecule has 2 N–H and O–H groups in total. The summed E-state index contributed by atoms with van der Waals surface area (Å²) in [4.78, 5) is 29.0. The zero-order valence-corrected chi connectivity index (χ0v) is 17.1. The number of nitrogens with one attached hydrogen (secondary N) is 1. The fraction of sp³-hybridized carbons (Fsp3) is 0.353. The number of likely N-dealkylation sites (tertiary alicyclic amines) is 1. The van der Waals surface area contributed by atoms with Gasteiger partial charge in [-0.15, -0.1) is 11.3 Å². The fourth-order valence-corrected chi connectivity index (χ4v) is 5.01. The predicted molar refractivity (Wildman–Crippen MR) is 107 cm³/mol. The molecule has 1 fully saturated rings. The minimum atomic E-state index is -1.01. The van der Waals surface area contributed by atoms with Gasteiger partial charge in [-0.25, -0.2) is 9.78 Å². The highest BCUT2D eigenvalue weighted by molar-refractivity contribution is 9.10. The molecular weight excluding hydrogens is 438 g/mol. The number of aromatic nitrogens is 1. The molecule has 138 valence electrons. The second kappa shape index (κ2) is 8.88. The number of hydrogen-bond acceptors (Lipinski definition) is 6. The third kappa shape index (κ3) is 4.99. The highest BCUT2D eigenvalue weighted by atomic mass is 79.9. The Morgan fingerprint density at radius 1 is 1.50 bits per heavy atom. The Bertz CT molecular complexity index is 799. The van der Waals surface area contributed by atoms with Crippen LogP contribution in [-0.4, -0.2) is 51.8 Å². The van der Waals surface area contributed by atoms with Crippen LogP contribution in [0.4, 0.5) is 5.69 Å². The van der Waals surface area contributed by atoms with Crippen molar-refractivity contribution in [3.05, 3.63) is 39.8 Å².